The Bertz CT molecular complexity index is 293. The van der Waals surface area contributed by atoms with E-state index in [1.54, 1.807) is 0 Å². The summed E-state index contributed by atoms with van der Waals surface area (Å²) in [6.07, 6.45) is 8.70. The maximum absolute atomic E-state index is 3.60. The number of rotatable bonds is 4. The fraction of sp³-hybridized carbons (Fsp3) is 1.00. The van der Waals surface area contributed by atoms with Crippen molar-refractivity contribution in [1.29, 1.82) is 0 Å². The lowest BCUT2D eigenvalue weighted by molar-refractivity contribution is 0.128. The monoisotopic (exact) mass is 293 g/mol. The Morgan fingerprint density at radius 3 is 2.29 bits per heavy atom. The normalized spacial score (nSPS) is 34.1. The van der Waals surface area contributed by atoms with E-state index in [-0.39, 0.29) is 0 Å². The van der Waals surface area contributed by atoms with Gasteiger partial charge in [-0.15, -0.1) is 0 Å². The molecule has 0 saturated carbocycles. The average Bonchev–Trinajstić information content (AvgIpc) is 2.50. The van der Waals surface area contributed by atoms with Crippen molar-refractivity contribution in [2.45, 2.75) is 45.4 Å². The molecule has 3 saturated heterocycles. The molecule has 0 bridgehead atoms. The Labute approximate surface area is 131 Å². The highest BCUT2D eigenvalue weighted by Crippen LogP contribution is 2.29. The highest BCUT2D eigenvalue weighted by Gasteiger charge is 2.26. The van der Waals surface area contributed by atoms with Gasteiger partial charge >= 0.3 is 0 Å². The summed E-state index contributed by atoms with van der Waals surface area (Å²) in [4.78, 5) is 2.75. The van der Waals surface area contributed by atoms with Crippen LogP contribution in [0.15, 0.2) is 0 Å². The van der Waals surface area contributed by atoms with Crippen LogP contribution in [0.5, 0.6) is 0 Å². The van der Waals surface area contributed by atoms with Gasteiger partial charge in [-0.05, 0) is 101 Å². The van der Waals surface area contributed by atoms with E-state index in [2.05, 4.69) is 22.5 Å². The van der Waals surface area contributed by atoms with E-state index < -0.39 is 0 Å². The molecule has 0 aliphatic carbocycles. The van der Waals surface area contributed by atoms with Crippen LogP contribution in [0, 0.1) is 23.7 Å². The highest BCUT2D eigenvalue weighted by atomic mass is 15.1. The Kier molecular flexibility index (Phi) is 5.96. The van der Waals surface area contributed by atoms with E-state index in [1.165, 1.54) is 84.3 Å². The molecule has 0 aromatic carbocycles. The molecule has 122 valence electrons. The number of piperidine rings is 3. The zero-order valence-corrected chi connectivity index (χ0v) is 13.9. The van der Waals surface area contributed by atoms with Crippen molar-refractivity contribution in [3.05, 3.63) is 0 Å². The Balaban J connectivity index is 1.34. The van der Waals surface area contributed by atoms with E-state index >= 15 is 0 Å². The van der Waals surface area contributed by atoms with Gasteiger partial charge in [0.1, 0.15) is 0 Å². The van der Waals surface area contributed by atoms with Gasteiger partial charge in [0.2, 0.25) is 0 Å². The summed E-state index contributed by atoms with van der Waals surface area (Å²) in [5.74, 6) is 3.81. The van der Waals surface area contributed by atoms with Gasteiger partial charge < -0.3 is 15.5 Å². The smallest absolute Gasteiger partial charge is 0.00219 e. The number of likely N-dealkylation sites (tertiary alicyclic amines) is 1. The standard InChI is InChI=1S/C18H35N3/c1-15-10-18(13-20-12-15)14-21-8-4-17(5-9-21)11-16-2-6-19-7-3-16/h15-20H,2-14H2,1H3. The molecular formula is C18H35N3. The molecule has 3 rings (SSSR count). The summed E-state index contributed by atoms with van der Waals surface area (Å²) in [7, 11) is 0. The number of hydrogen-bond acceptors (Lipinski definition) is 3. The van der Waals surface area contributed by atoms with Crippen LogP contribution < -0.4 is 10.6 Å². The SMILES string of the molecule is CC1CNCC(CN2CCC(CC3CCNCC3)CC2)C1. The topological polar surface area (TPSA) is 27.3 Å². The molecule has 2 atom stereocenters. The molecule has 2 N–H and O–H groups in total. The van der Waals surface area contributed by atoms with Crippen LogP contribution >= 0.6 is 0 Å². The van der Waals surface area contributed by atoms with Gasteiger partial charge in [0.15, 0.2) is 0 Å². The van der Waals surface area contributed by atoms with Crippen LogP contribution in [0.4, 0.5) is 0 Å². The number of nitrogens with one attached hydrogen (secondary N) is 2. The molecule has 0 amide bonds. The van der Waals surface area contributed by atoms with Gasteiger partial charge in [-0.25, -0.2) is 0 Å². The molecule has 0 spiro atoms. The first-order chi connectivity index (χ1) is 10.3. The third-order valence-electron chi connectivity index (χ3n) is 6.01. The van der Waals surface area contributed by atoms with Gasteiger partial charge in [0.05, 0.1) is 0 Å². The summed E-state index contributed by atoms with van der Waals surface area (Å²) in [6.45, 7) is 11.5. The first kappa shape index (κ1) is 15.8. The minimum absolute atomic E-state index is 0.876. The average molecular weight is 293 g/mol. The van der Waals surface area contributed by atoms with Crippen LogP contribution in [0.1, 0.15) is 45.4 Å². The molecule has 3 aliphatic heterocycles. The zero-order valence-electron chi connectivity index (χ0n) is 13.9. The summed E-state index contributed by atoms with van der Waals surface area (Å²) < 4.78 is 0. The molecule has 21 heavy (non-hydrogen) atoms. The van der Waals surface area contributed by atoms with Crippen molar-refractivity contribution in [3.8, 4) is 0 Å². The van der Waals surface area contributed by atoms with Crippen LogP contribution in [0.2, 0.25) is 0 Å². The van der Waals surface area contributed by atoms with Crippen molar-refractivity contribution in [1.82, 2.24) is 15.5 Å². The van der Waals surface area contributed by atoms with E-state index in [0.29, 0.717) is 0 Å². The minimum atomic E-state index is 0.876. The van der Waals surface area contributed by atoms with Crippen molar-refractivity contribution in [2.24, 2.45) is 23.7 Å². The van der Waals surface area contributed by atoms with Gasteiger partial charge in [-0.2, -0.15) is 0 Å². The lowest BCUT2D eigenvalue weighted by atomic mass is 9.83. The lowest BCUT2D eigenvalue weighted by Crippen LogP contribution is -2.44. The van der Waals surface area contributed by atoms with E-state index in [4.69, 9.17) is 0 Å². The maximum Gasteiger partial charge on any atom is 0.00219 e. The predicted molar refractivity (Wildman–Crippen MR) is 89.5 cm³/mol. The zero-order chi connectivity index (χ0) is 14.5. The first-order valence-corrected chi connectivity index (χ1v) is 9.43. The maximum atomic E-state index is 3.60. The third kappa shape index (κ3) is 4.94. The molecule has 3 aliphatic rings. The van der Waals surface area contributed by atoms with Crippen molar-refractivity contribution in [2.75, 3.05) is 45.8 Å². The van der Waals surface area contributed by atoms with Crippen LogP contribution in [-0.2, 0) is 0 Å². The molecule has 3 heterocycles. The van der Waals surface area contributed by atoms with Crippen molar-refractivity contribution >= 4 is 0 Å². The fourth-order valence-electron chi connectivity index (χ4n) is 4.77. The summed E-state index contributed by atoms with van der Waals surface area (Å²) in [6, 6.07) is 0. The van der Waals surface area contributed by atoms with Crippen molar-refractivity contribution < 1.29 is 0 Å². The molecule has 3 heteroatoms. The van der Waals surface area contributed by atoms with Crippen LogP contribution in [0.3, 0.4) is 0 Å². The van der Waals surface area contributed by atoms with Crippen molar-refractivity contribution in [3.63, 3.8) is 0 Å². The Morgan fingerprint density at radius 2 is 1.57 bits per heavy atom. The highest BCUT2D eigenvalue weighted by molar-refractivity contribution is 4.81. The molecule has 2 unspecified atom stereocenters. The number of hydrogen-bond donors (Lipinski definition) is 2. The molecule has 0 aromatic rings. The van der Waals surface area contributed by atoms with Gasteiger partial charge in [-0.1, -0.05) is 6.92 Å². The Morgan fingerprint density at radius 1 is 0.857 bits per heavy atom. The summed E-state index contributed by atoms with van der Waals surface area (Å²) in [5.41, 5.74) is 0. The summed E-state index contributed by atoms with van der Waals surface area (Å²) >= 11 is 0. The van der Waals surface area contributed by atoms with Crippen LogP contribution in [0.25, 0.3) is 0 Å². The first-order valence-electron chi connectivity index (χ1n) is 9.43. The summed E-state index contributed by atoms with van der Waals surface area (Å²) in [5, 5.41) is 7.10. The van der Waals surface area contributed by atoms with Crippen LogP contribution in [-0.4, -0.2) is 50.7 Å². The third-order valence-corrected chi connectivity index (χ3v) is 6.01. The van der Waals surface area contributed by atoms with Gasteiger partial charge in [0, 0.05) is 6.54 Å². The van der Waals surface area contributed by atoms with E-state index in [1.807, 2.05) is 0 Å². The number of nitrogens with zero attached hydrogens (tertiary/aromatic N) is 1. The quantitative estimate of drug-likeness (QED) is 0.833. The molecule has 3 nitrogen and oxygen atoms in total. The Hall–Kier alpha value is -0.120. The second-order valence-electron chi connectivity index (χ2n) is 8.04. The second-order valence-corrected chi connectivity index (χ2v) is 8.04. The lowest BCUT2D eigenvalue weighted by Gasteiger charge is -2.38. The molecule has 0 aromatic heterocycles. The van der Waals surface area contributed by atoms with Gasteiger partial charge in [0.25, 0.3) is 0 Å². The second kappa shape index (κ2) is 7.94. The predicted octanol–water partition coefficient (Wildman–Crippen LogP) is 2.33. The molecule has 0 radical (unpaired) electrons. The largest absolute Gasteiger partial charge is 0.317 e. The molecule has 3 fully saturated rings. The minimum Gasteiger partial charge on any atom is -0.317 e. The fourth-order valence-corrected chi connectivity index (χ4v) is 4.77. The van der Waals surface area contributed by atoms with Gasteiger partial charge in [-0.3, -0.25) is 0 Å². The van der Waals surface area contributed by atoms with E-state index in [9.17, 15) is 0 Å². The van der Waals surface area contributed by atoms with E-state index in [0.717, 1.165) is 23.7 Å². The molecular weight excluding hydrogens is 258 g/mol.